The van der Waals surface area contributed by atoms with Crippen molar-refractivity contribution in [3.8, 4) is 0 Å². The molecule has 0 aliphatic rings. The third-order valence-corrected chi connectivity index (χ3v) is 3.12. The van der Waals surface area contributed by atoms with Crippen molar-refractivity contribution >= 4 is 5.91 Å². The fourth-order valence-electron chi connectivity index (χ4n) is 1.89. The van der Waals surface area contributed by atoms with Gasteiger partial charge in [-0.3, -0.25) is 9.78 Å². The maximum absolute atomic E-state index is 12.0. The first-order valence-corrected chi connectivity index (χ1v) is 7.08. The molecule has 0 bridgehead atoms. The molecule has 6 nitrogen and oxygen atoms in total. The number of nitrogens with one attached hydrogen (secondary N) is 1. The predicted molar refractivity (Wildman–Crippen MR) is 78.4 cm³/mol. The molecular formula is C15H20N4O2. The van der Waals surface area contributed by atoms with Gasteiger partial charge < -0.3 is 15.5 Å². The number of oxazole rings is 1. The van der Waals surface area contributed by atoms with Crippen molar-refractivity contribution in [1.29, 1.82) is 0 Å². The van der Waals surface area contributed by atoms with E-state index < -0.39 is 0 Å². The van der Waals surface area contributed by atoms with Gasteiger partial charge in [0, 0.05) is 18.9 Å². The number of rotatable bonds is 7. The molecule has 2 rings (SSSR count). The molecule has 0 aliphatic heterocycles. The van der Waals surface area contributed by atoms with Gasteiger partial charge in [-0.1, -0.05) is 25.8 Å². The summed E-state index contributed by atoms with van der Waals surface area (Å²) in [6, 6.07) is 3.45. The molecule has 0 spiro atoms. The Morgan fingerprint density at radius 3 is 3.10 bits per heavy atom. The minimum Gasteiger partial charge on any atom is -0.446 e. The van der Waals surface area contributed by atoms with Crippen LogP contribution in [0.15, 0.2) is 35.2 Å². The number of pyridine rings is 1. The Morgan fingerprint density at radius 1 is 1.52 bits per heavy atom. The molecular weight excluding hydrogens is 268 g/mol. The number of aromatic nitrogens is 2. The van der Waals surface area contributed by atoms with Gasteiger partial charge in [-0.25, -0.2) is 4.98 Å². The highest BCUT2D eigenvalue weighted by atomic mass is 16.3. The smallest absolute Gasteiger partial charge is 0.273 e. The molecule has 2 aromatic heterocycles. The van der Waals surface area contributed by atoms with Crippen LogP contribution in [-0.2, 0) is 6.54 Å². The van der Waals surface area contributed by atoms with E-state index in [4.69, 9.17) is 10.2 Å². The summed E-state index contributed by atoms with van der Waals surface area (Å²) < 4.78 is 5.29. The summed E-state index contributed by atoms with van der Waals surface area (Å²) in [6.45, 7) is 2.50. The van der Waals surface area contributed by atoms with Crippen molar-refractivity contribution in [3.05, 3.63) is 47.9 Å². The summed E-state index contributed by atoms with van der Waals surface area (Å²) in [5.41, 5.74) is 7.14. The highest BCUT2D eigenvalue weighted by Crippen LogP contribution is 2.16. The monoisotopic (exact) mass is 288 g/mol. The Bertz CT molecular complexity index is 568. The van der Waals surface area contributed by atoms with E-state index in [1.54, 1.807) is 12.4 Å². The highest BCUT2D eigenvalue weighted by Gasteiger charge is 2.16. The lowest BCUT2D eigenvalue weighted by atomic mass is 10.1. The standard InChI is InChI=1S/C15H20N4O2/c1-2-3-6-12(16)15-19-13(10-21-15)14(20)18-9-11-5-4-7-17-8-11/h4-5,7-8,10,12H,2-3,6,9,16H2,1H3,(H,18,20). The molecule has 112 valence electrons. The number of hydrogen-bond donors (Lipinski definition) is 2. The second-order valence-corrected chi connectivity index (χ2v) is 4.86. The number of nitrogens with zero attached hydrogens (tertiary/aromatic N) is 2. The third-order valence-electron chi connectivity index (χ3n) is 3.12. The molecule has 0 aromatic carbocycles. The van der Waals surface area contributed by atoms with E-state index >= 15 is 0 Å². The van der Waals surface area contributed by atoms with Crippen molar-refractivity contribution in [2.24, 2.45) is 5.73 Å². The van der Waals surface area contributed by atoms with Crippen LogP contribution in [0.4, 0.5) is 0 Å². The molecule has 2 aromatic rings. The summed E-state index contributed by atoms with van der Waals surface area (Å²) in [4.78, 5) is 20.1. The zero-order valence-corrected chi connectivity index (χ0v) is 12.1. The lowest BCUT2D eigenvalue weighted by Gasteiger charge is -2.05. The zero-order chi connectivity index (χ0) is 15.1. The Hall–Kier alpha value is -2.21. The number of amides is 1. The van der Waals surface area contributed by atoms with Crippen molar-refractivity contribution in [1.82, 2.24) is 15.3 Å². The highest BCUT2D eigenvalue weighted by molar-refractivity contribution is 5.91. The second-order valence-electron chi connectivity index (χ2n) is 4.86. The van der Waals surface area contributed by atoms with E-state index in [-0.39, 0.29) is 17.6 Å². The molecule has 1 unspecified atom stereocenters. The quantitative estimate of drug-likeness (QED) is 0.814. The summed E-state index contributed by atoms with van der Waals surface area (Å²) in [6.07, 6.45) is 7.61. The topological polar surface area (TPSA) is 94.0 Å². The van der Waals surface area contributed by atoms with Gasteiger partial charge >= 0.3 is 0 Å². The molecule has 6 heteroatoms. The van der Waals surface area contributed by atoms with Gasteiger partial charge in [0.1, 0.15) is 6.26 Å². The molecule has 0 radical (unpaired) electrons. The number of hydrogen-bond acceptors (Lipinski definition) is 5. The fraction of sp³-hybridized carbons (Fsp3) is 0.400. The summed E-state index contributed by atoms with van der Waals surface area (Å²) in [7, 11) is 0. The number of carbonyl (C=O) groups excluding carboxylic acids is 1. The van der Waals surface area contributed by atoms with Crippen molar-refractivity contribution in [2.45, 2.75) is 38.8 Å². The molecule has 3 N–H and O–H groups in total. The van der Waals surface area contributed by atoms with Gasteiger partial charge in [0.2, 0.25) is 5.89 Å². The van der Waals surface area contributed by atoms with Gasteiger partial charge in [0.05, 0.1) is 6.04 Å². The van der Waals surface area contributed by atoms with Gasteiger partial charge in [-0.15, -0.1) is 0 Å². The van der Waals surface area contributed by atoms with Gasteiger partial charge in [0.25, 0.3) is 5.91 Å². The van der Waals surface area contributed by atoms with Crippen LogP contribution in [0.5, 0.6) is 0 Å². The third kappa shape index (κ3) is 4.39. The number of nitrogens with two attached hydrogens (primary N) is 1. The van der Waals surface area contributed by atoms with Crippen molar-refractivity contribution in [3.63, 3.8) is 0 Å². The first kappa shape index (κ1) is 15.2. The molecule has 1 atom stereocenters. The molecule has 0 aliphatic carbocycles. The van der Waals surface area contributed by atoms with E-state index in [9.17, 15) is 4.79 Å². The van der Waals surface area contributed by atoms with Gasteiger partial charge in [-0.2, -0.15) is 0 Å². The Kier molecular flexibility index (Phi) is 5.45. The number of carbonyl (C=O) groups is 1. The first-order chi connectivity index (χ1) is 10.2. The van der Waals surface area contributed by atoms with E-state index in [0.29, 0.717) is 12.4 Å². The normalized spacial score (nSPS) is 12.1. The van der Waals surface area contributed by atoms with Crippen LogP contribution in [0.1, 0.15) is 54.2 Å². The Morgan fingerprint density at radius 2 is 2.38 bits per heavy atom. The first-order valence-electron chi connectivity index (χ1n) is 7.08. The summed E-state index contributed by atoms with van der Waals surface area (Å²) in [5.74, 6) is 0.131. The van der Waals surface area contributed by atoms with Crippen LogP contribution in [-0.4, -0.2) is 15.9 Å². The zero-order valence-electron chi connectivity index (χ0n) is 12.1. The van der Waals surface area contributed by atoms with Crippen LogP contribution < -0.4 is 11.1 Å². The van der Waals surface area contributed by atoms with E-state index in [0.717, 1.165) is 24.8 Å². The minimum absolute atomic E-state index is 0.251. The van der Waals surface area contributed by atoms with E-state index in [1.165, 1.54) is 6.26 Å². The largest absolute Gasteiger partial charge is 0.446 e. The lowest BCUT2D eigenvalue weighted by Crippen LogP contribution is -2.23. The van der Waals surface area contributed by atoms with Crippen molar-refractivity contribution in [2.75, 3.05) is 0 Å². The van der Waals surface area contributed by atoms with Gasteiger partial charge in [-0.05, 0) is 18.1 Å². The molecule has 0 saturated carbocycles. The molecule has 0 fully saturated rings. The SMILES string of the molecule is CCCCC(N)c1nc(C(=O)NCc2cccnc2)co1. The lowest BCUT2D eigenvalue weighted by molar-refractivity contribution is 0.0946. The van der Waals surface area contributed by atoms with Crippen LogP contribution >= 0.6 is 0 Å². The van der Waals surface area contributed by atoms with Gasteiger partial charge in [0.15, 0.2) is 5.69 Å². The van der Waals surface area contributed by atoms with Crippen LogP contribution in [0.3, 0.4) is 0 Å². The molecule has 21 heavy (non-hydrogen) atoms. The average Bonchev–Trinajstić information content (AvgIpc) is 3.01. The fourth-order valence-corrected chi connectivity index (χ4v) is 1.89. The minimum atomic E-state index is -0.281. The van der Waals surface area contributed by atoms with Crippen molar-refractivity contribution < 1.29 is 9.21 Å². The molecule has 2 heterocycles. The van der Waals surface area contributed by atoms with E-state index in [1.807, 2.05) is 12.1 Å². The second kappa shape index (κ2) is 7.54. The number of unbranched alkanes of at least 4 members (excludes halogenated alkanes) is 1. The average molecular weight is 288 g/mol. The Balaban J connectivity index is 1.90. The van der Waals surface area contributed by atoms with Crippen LogP contribution in [0.25, 0.3) is 0 Å². The van der Waals surface area contributed by atoms with Crippen LogP contribution in [0, 0.1) is 0 Å². The molecule has 1 amide bonds. The van der Waals surface area contributed by atoms with Crippen LogP contribution in [0.2, 0.25) is 0 Å². The summed E-state index contributed by atoms with van der Waals surface area (Å²) >= 11 is 0. The Labute approximate surface area is 123 Å². The predicted octanol–water partition coefficient (Wildman–Crippen LogP) is 2.19. The molecule has 0 saturated heterocycles. The summed E-state index contributed by atoms with van der Waals surface area (Å²) in [5, 5.41) is 2.77. The van der Waals surface area contributed by atoms with E-state index in [2.05, 4.69) is 22.2 Å². The maximum atomic E-state index is 12.0. The maximum Gasteiger partial charge on any atom is 0.273 e.